The molecule has 0 spiro atoms. The number of anilines is 1. The summed E-state index contributed by atoms with van der Waals surface area (Å²) < 4.78 is 0. The highest BCUT2D eigenvalue weighted by molar-refractivity contribution is 5.96. The highest BCUT2D eigenvalue weighted by Gasteiger charge is 2.07. The Hall–Kier alpha value is -2.04. The van der Waals surface area contributed by atoms with E-state index in [4.69, 9.17) is 5.73 Å². The molecular weight excluding hydrogens is 230 g/mol. The number of carbonyl (C=O) groups is 2. The topological polar surface area (TPSA) is 84.2 Å². The van der Waals surface area contributed by atoms with Gasteiger partial charge in [-0.05, 0) is 30.7 Å². The number of unbranched alkanes of at least 4 members (excludes halogenated alkanes) is 1. The van der Waals surface area contributed by atoms with E-state index in [0.29, 0.717) is 17.8 Å². The third-order valence-electron chi connectivity index (χ3n) is 2.43. The van der Waals surface area contributed by atoms with Crippen molar-refractivity contribution in [3.8, 4) is 0 Å². The van der Waals surface area contributed by atoms with Crippen molar-refractivity contribution >= 4 is 17.5 Å². The van der Waals surface area contributed by atoms with Crippen LogP contribution in [0.25, 0.3) is 0 Å². The molecule has 0 unspecified atom stereocenters. The molecule has 5 nitrogen and oxygen atoms in total. The lowest BCUT2D eigenvalue weighted by Crippen LogP contribution is -2.37. The third-order valence-corrected chi connectivity index (χ3v) is 2.43. The van der Waals surface area contributed by atoms with Gasteiger partial charge in [-0.2, -0.15) is 0 Å². The van der Waals surface area contributed by atoms with Gasteiger partial charge in [-0.15, -0.1) is 0 Å². The number of carbonyl (C=O) groups excluding carboxylic acids is 2. The molecule has 18 heavy (non-hydrogen) atoms. The molecule has 0 aromatic heterocycles. The van der Waals surface area contributed by atoms with Gasteiger partial charge in [0.05, 0.1) is 6.54 Å². The maximum absolute atomic E-state index is 11.7. The van der Waals surface area contributed by atoms with Gasteiger partial charge in [0.25, 0.3) is 5.91 Å². The largest absolute Gasteiger partial charge is 0.399 e. The number of benzene rings is 1. The van der Waals surface area contributed by atoms with Crippen LogP contribution in [0, 0.1) is 0 Å². The minimum Gasteiger partial charge on any atom is -0.399 e. The van der Waals surface area contributed by atoms with Gasteiger partial charge in [0.1, 0.15) is 0 Å². The fourth-order valence-corrected chi connectivity index (χ4v) is 1.36. The smallest absolute Gasteiger partial charge is 0.251 e. The van der Waals surface area contributed by atoms with Gasteiger partial charge in [-0.3, -0.25) is 9.59 Å². The number of amides is 2. The molecule has 0 fully saturated rings. The Balaban J connectivity index is 2.32. The van der Waals surface area contributed by atoms with Crippen molar-refractivity contribution in [3.05, 3.63) is 29.8 Å². The molecule has 0 atom stereocenters. The molecule has 2 amide bonds. The molecule has 0 aliphatic rings. The second kappa shape index (κ2) is 7.32. The lowest BCUT2D eigenvalue weighted by atomic mass is 10.2. The second-order valence-electron chi connectivity index (χ2n) is 4.01. The van der Waals surface area contributed by atoms with Gasteiger partial charge < -0.3 is 16.4 Å². The Morgan fingerprint density at radius 3 is 2.44 bits per heavy atom. The summed E-state index contributed by atoms with van der Waals surface area (Å²) in [7, 11) is 0. The van der Waals surface area contributed by atoms with Crippen LogP contribution in [-0.4, -0.2) is 24.9 Å². The quantitative estimate of drug-likeness (QED) is 0.517. The average Bonchev–Trinajstić information content (AvgIpc) is 2.37. The fraction of sp³-hybridized carbons (Fsp3) is 0.385. The SMILES string of the molecule is CCCCNC(=O)CNC(=O)c1ccc(N)cc1. The van der Waals surface area contributed by atoms with Gasteiger partial charge in [-0.25, -0.2) is 0 Å². The maximum Gasteiger partial charge on any atom is 0.251 e. The lowest BCUT2D eigenvalue weighted by molar-refractivity contribution is -0.120. The first kappa shape index (κ1) is 14.0. The highest BCUT2D eigenvalue weighted by atomic mass is 16.2. The van der Waals surface area contributed by atoms with E-state index in [-0.39, 0.29) is 18.4 Å². The van der Waals surface area contributed by atoms with Crippen LogP contribution in [0.5, 0.6) is 0 Å². The molecule has 0 bridgehead atoms. The molecule has 1 aromatic rings. The standard InChI is InChI=1S/C13H19N3O2/c1-2-3-8-15-12(17)9-16-13(18)10-4-6-11(14)7-5-10/h4-7H,2-3,8-9,14H2,1H3,(H,15,17)(H,16,18). The molecule has 0 aliphatic heterocycles. The van der Waals surface area contributed by atoms with Gasteiger partial charge in [0.15, 0.2) is 0 Å². The Morgan fingerprint density at radius 1 is 1.17 bits per heavy atom. The Morgan fingerprint density at radius 2 is 1.83 bits per heavy atom. The zero-order valence-corrected chi connectivity index (χ0v) is 10.5. The number of hydrogen-bond acceptors (Lipinski definition) is 3. The summed E-state index contributed by atoms with van der Waals surface area (Å²) in [5, 5.41) is 5.28. The van der Waals surface area contributed by atoms with Crippen LogP contribution in [0.1, 0.15) is 30.1 Å². The first-order valence-electron chi connectivity index (χ1n) is 6.04. The molecule has 0 aliphatic carbocycles. The molecule has 0 saturated carbocycles. The maximum atomic E-state index is 11.7. The summed E-state index contributed by atoms with van der Waals surface area (Å²) in [5.41, 5.74) is 6.61. The first-order chi connectivity index (χ1) is 8.63. The minimum absolute atomic E-state index is 0.00702. The molecule has 1 aromatic carbocycles. The highest BCUT2D eigenvalue weighted by Crippen LogP contribution is 2.04. The van der Waals surface area contributed by atoms with E-state index in [2.05, 4.69) is 17.6 Å². The van der Waals surface area contributed by atoms with E-state index in [1.54, 1.807) is 24.3 Å². The van der Waals surface area contributed by atoms with Crippen LogP contribution in [0.2, 0.25) is 0 Å². The Kier molecular flexibility index (Phi) is 5.70. The Labute approximate surface area is 107 Å². The number of nitrogen functional groups attached to an aromatic ring is 1. The summed E-state index contributed by atoms with van der Waals surface area (Å²) in [6.07, 6.45) is 1.97. The van der Waals surface area contributed by atoms with Crippen molar-refractivity contribution in [2.45, 2.75) is 19.8 Å². The molecule has 0 heterocycles. The fourth-order valence-electron chi connectivity index (χ4n) is 1.36. The van der Waals surface area contributed by atoms with Crippen LogP contribution in [0.3, 0.4) is 0 Å². The van der Waals surface area contributed by atoms with Crippen molar-refractivity contribution in [2.24, 2.45) is 0 Å². The summed E-state index contributed by atoms with van der Waals surface area (Å²) in [5.74, 6) is -0.451. The van der Waals surface area contributed by atoms with Crippen LogP contribution < -0.4 is 16.4 Å². The average molecular weight is 249 g/mol. The predicted octanol–water partition coefficient (Wildman–Crippen LogP) is 0.915. The summed E-state index contributed by atoms with van der Waals surface area (Å²) >= 11 is 0. The van der Waals surface area contributed by atoms with Crippen LogP contribution in [-0.2, 0) is 4.79 Å². The molecular formula is C13H19N3O2. The zero-order valence-electron chi connectivity index (χ0n) is 10.5. The van der Waals surface area contributed by atoms with Gasteiger partial charge in [-0.1, -0.05) is 13.3 Å². The van der Waals surface area contributed by atoms with Crippen molar-refractivity contribution < 1.29 is 9.59 Å². The van der Waals surface area contributed by atoms with E-state index in [0.717, 1.165) is 12.8 Å². The number of hydrogen-bond donors (Lipinski definition) is 3. The number of nitrogens with one attached hydrogen (secondary N) is 2. The van der Waals surface area contributed by atoms with Gasteiger partial charge >= 0.3 is 0 Å². The number of nitrogens with two attached hydrogens (primary N) is 1. The van der Waals surface area contributed by atoms with Crippen molar-refractivity contribution in [2.75, 3.05) is 18.8 Å². The van der Waals surface area contributed by atoms with E-state index in [1.165, 1.54) is 0 Å². The molecule has 4 N–H and O–H groups in total. The van der Waals surface area contributed by atoms with Crippen molar-refractivity contribution in [3.63, 3.8) is 0 Å². The van der Waals surface area contributed by atoms with E-state index >= 15 is 0 Å². The van der Waals surface area contributed by atoms with E-state index in [9.17, 15) is 9.59 Å². The minimum atomic E-state index is -0.277. The van der Waals surface area contributed by atoms with Gasteiger partial charge in [0, 0.05) is 17.8 Å². The van der Waals surface area contributed by atoms with E-state index in [1.807, 2.05) is 0 Å². The summed E-state index contributed by atoms with van der Waals surface area (Å²) in [6, 6.07) is 6.55. The van der Waals surface area contributed by atoms with Crippen LogP contribution >= 0.6 is 0 Å². The zero-order chi connectivity index (χ0) is 13.4. The molecule has 1 rings (SSSR count). The predicted molar refractivity (Wildman–Crippen MR) is 71.1 cm³/mol. The molecule has 5 heteroatoms. The normalized spacial score (nSPS) is 9.83. The van der Waals surface area contributed by atoms with Crippen molar-refractivity contribution in [1.29, 1.82) is 0 Å². The monoisotopic (exact) mass is 249 g/mol. The lowest BCUT2D eigenvalue weighted by Gasteiger charge is -2.06. The van der Waals surface area contributed by atoms with Crippen LogP contribution in [0.15, 0.2) is 24.3 Å². The van der Waals surface area contributed by atoms with Crippen LogP contribution in [0.4, 0.5) is 5.69 Å². The third kappa shape index (κ3) is 4.86. The molecule has 0 saturated heterocycles. The van der Waals surface area contributed by atoms with E-state index < -0.39 is 0 Å². The number of rotatable bonds is 6. The first-order valence-corrected chi connectivity index (χ1v) is 6.04. The summed E-state index contributed by atoms with van der Waals surface area (Å²) in [4.78, 5) is 23.0. The summed E-state index contributed by atoms with van der Waals surface area (Å²) in [6.45, 7) is 2.69. The molecule has 0 radical (unpaired) electrons. The van der Waals surface area contributed by atoms with Gasteiger partial charge in [0.2, 0.25) is 5.91 Å². The molecule has 98 valence electrons. The Bertz CT molecular complexity index is 401. The van der Waals surface area contributed by atoms with Crippen molar-refractivity contribution in [1.82, 2.24) is 10.6 Å². The second-order valence-corrected chi connectivity index (χ2v) is 4.01.